The summed E-state index contributed by atoms with van der Waals surface area (Å²) in [6, 6.07) is 1.95. The Morgan fingerprint density at radius 1 is 1.64 bits per heavy atom. The predicted octanol–water partition coefficient (Wildman–Crippen LogP) is 0.865. The van der Waals surface area contributed by atoms with Gasteiger partial charge in [0.1, 0.15) is 0 Å². The van der Waals surface area contributed by atoms with Gasteiger partial charge in [0, 0.05) is 12.7 Å². The first-order valence-electron chi connectivity index (χ1n) is 3.90. The fourth-order valence-corrected chi connectivity index (χ4v) is 1.14. The number of aliphatic hydroxyl groups is 1. The van der Waals surface area contributed by atoms with Crippen molar-refractivity contribution in [2.75, 3.05) is 0 Å². The minimum absolute atomic E-state index is 0.0392. The lowest BCUT2D eigenvalue weighted by Gasteiger charge is -1.95. The molecule has 0 spiro atoms. The van der Waals surface area contributed by atoms with Gasteiger partial charge in [-0.15, -0.1) is 0 Å². The summed E-state index contributed by atoms with van der Waals surface area (Å²) in [6.45, 7) is 2.17. The van der Waals surface area contributed by atoms with Crippen LogP contribution in [-0.4, -0.2) is 14.9 Å². The van der Waals surface area contributed by atoms with Crippen LogP contribution >= 0.6 is 0 Å². The molecule has 1 aromatic rings. The third-order valence-electron chi connectivity index (χ3n) is 1.70. The molecule has 0 atom stereocenters. The second-order valence-corrected chi connectivity index (χ2v) is 2.66. The highest BCUT2D eigenvalue weighted by Crippen LogP contribution is 2.04. The molecule has 0 aromatic carbocycles. The standard InChI is InChI=1S/C8H14N2O/c1-3-4-8-5-7(6-11)9-10(8)2/h5,11H,3-4,6H2,1-2H3. The average molecular weight is 154 g/mol. The maximum Gasteiger partial charge on any atom is 0.0881 e. The van der Waals surface area contributed by atoms with Crippen molar-refractivity contribution < 1.29 is 5.11 Å². The third-order valence-corrected chi connectivity index (χ3v) is 1.70. The van der Waals surface area contributed by atoms with Crippen molar-refractivity contribution in [2.24, 2.45) is 7.05 Å². The number of nitrogens with zero attached hydrogens (tertiary/aromatic N) is 2. The molecular formula is C8H14N2O. The van der Waals surface area contributed by atoms with Crippen LogP contribution in [0.15, 0.2) is 6.07 Å². The number of hydrogen-bond donors (Lipinski definition) is 1. The molecule has 0 bridgehead atoms. The highest BCUT2D eigenvalue weighted by molar-refractivity contribution is 5.09. The highest BCUT2D eigenvalue weighted by Gasteiger charge is 2.01. The summed E-state index contributed by atoms with van der Waals surface area (Å²) in [5, 5.41) is 12.9. The average Bonchev–Trinajstić information content (AvgIpc) is 2.33. The molecular weight excluding hydrogens is 140 g/mol. The Bertz CT molecular complexity index is 230. The zero-order valence-electron chi connectivity index (χ0n) is 7.04. The molecule has 0 aliphatic carbocycles. The van der Waals surface area contributed by atoms with Gasteiger partial charge in [0.2, 0.25) is 0 Å². The van der Waals surface area contributed by atoms with E-state index in [4.69, 9.17) is 5.11 Å². The molecule has 0 unspecified atom stereocenters. The molecule has 0 aliphatic rings. The van der Waals surface area contributed by atoms with Gasteiger partial charge >= 0.3 is 0 Å². The normalized spacial score (nSPS) is 10.5. The second kappa shape index (κ2) is 3.53. The van der Waals surface area contributed by atoms with Crippen LogP contribution in [0.25, 0.3) is 0 Å². The van der Waals surface area contributed by atoms with Gasteiger partial charge in [-0.3, -0.25) is 4.68 Å². The van der Waals surface area contributed by atoms with Gasteiger partial charge in [-0.05, 0) is 12.5 Å². The Balaban J connectivity index is 2.79. The molecule has 1 N–H and O–H groups in total. The molecule has 3 nitrogen and oxygen atoms in total. The molecule has 11 heavy (non-hydrogen) atoms. The number of rotatable bonds is 3. The summed E-state index contributed by atoms with van der Waals surface area (Å²) in [4.78, 5) is 0. The topological polar surface area (TPSA) is 38.1 Å². The molecule has 3 heteroatoms. The van der Waals surface area contributed by atoms with Gasteiger partial charge in [-0.2, -0.15) is 5.10 Å². The van der Waals surface area contributed by atoms with E-state index in [1.807, 2.05) is 17.8 Å². The molecule has 0 aliphatic heterocycles. The van der Waals surface area contributed by atoms with E-state index in [0.29, 0.717) is 0 Å². The zero-order valence-corrected chi connectivity index (χ0v) is 7.04. The SMILES string of the molecule is CCCc1cc(CO)nn1C. The Morgan fingerprint density at radius 3 is 2.82 bits per heavy atom. The maximum atomic E-state index is 8.77. The van der Waals surface area contributed by atoms with Crippen LogP contribution in [0.5, 0.6) is 0 Å². The molecule has 0 saturated heterocycles. The lowest BCUT2D eigenvalue weighted by atomic mass is 10.2. The fourth-order valence-electron chi connectivity index (χ4n) is 1.14. The van der Waals surface area contributed by atoms with Crippen LogP contribution in [-0.2, 0) is 20.1 Å². The van der Waals surface area contributed by atoms with Gasteiger partial charge in [0.15, 0.2) is 0 Å². The Morgan fingerprint density at radius 2 is 2.36 bits per heavy atom. The quantitative estimate of drug-likeness (QED) is 0.701. The summed E-state index contributed by atoms with van der Waals surface area (Å²) in [6.07, 6.45) is 2.15. The molecule has 1 aromatic heterocycles. The van der Waals surface area contributed by atoms with Gasteiger partial charge in [0.05, 0.1) is 12.3 Å². The van der Waals surface area contributed by atoms with Crippen LogP contribution < -0.4 is 0 Å². The Hall–Kier alpha value is -0.830. The van der Waals surface area contributed by atoms with Crippen LogP contribution in [0.1, 0.15) is 24.7 Å². The lowest BCUT2D eigenvalue weighted by Crippen LogP contribution is -1.97. The first kappa shape index (κ1) is 8.27. The predicted molar refractivity (Wildman–Crippen MR) is 43.1 cm³/mol. The minimum Gasteiger partial charge on any atom is -0.390 e. The van der Waals surface area contributed by atoms with Crippen LogP contribution in [0, 0.1) is 0 Å². The van der Waals surface area contributed by atoms with E-state index in [1.165, 1.54) is 5.69 Å². The minimum atomic E-state index is 0.0392. The maximum absolute atomic E-state index is 8.77. The van der Waals surface area contributed by atoms with Crippen molar-refractivity contribution in [3.63, 3.8) is 0 Å². The van der Waals surface area contributed by atoms with E-state index < -0.39 is 0 Å². The van der Waals surface area contributed by atoms with Crippen molar-refractivity contribution in [1.82, 2.24) is 9.78 Å². The number of hydrogen-bond acceptors (Lipinski definition) is 2. The summed E-state index contributed by atoms with van der Waals surface area (Å²) in [7, 11) is 1.91. The van der Waals surface area contributed by atoms with E-state index in [1.54, 1.807) is 0 Å². The largest absolute Gasteiger partial charge is 0.390 e. The van der Waals surface area contributed by atoms with Crippen LogP contribution in [0.4, 0.5) is 0 Å². The van der Waals surface area contributed by atoms with Crippen molar-refractivity contribution in [1.29, 1.82) is 0 Å². The van der Waals surface area contributed by atoms with Crippen molar-refractivity contribution in [2.45, 2.75) is 26.4 Å². The molecule has 1 heterocycles. The number of aliphatic hydroxyl groups excluding tert-OH is 1. The molecule has 0 saturated carbocycles. The van der Waals surface area contributed by atoms with E-state index >= 15 is 0 Å². The summed E-state index contributed by atoms with van der Waals surface area (Å²) < 4.78 is 1.83. The Kier molecular flexibility index (Phi) is 2.65. The van der Waals surface area contributed by atoms with E-state index in [-0.39, 0.29) is 6.61 Å². The summed E-state index contributed by atoms with van der Waals surface area (Å²) >= 11 is 0. The summed E-state index contributed by atoms with van der Waals surface area (Å²) in [5.41, 5.74) is 1.95. The van der Waals surface area contributed by atoms with Gasteiger partial charge in [0.25, 0.3) is 0 Å². The van der Waals surface area contributed by atoms with Gasteiger partial charge in [-0.25, -0.2) is 0 Å². The Labute approximate surface area is 66.7 Å². The fraction of sp³-hybridized carbons (Fsp3) is 0.625. The third kappa shape index (κ3) is 1.80. The molecule has 0 radical (unpaired) electrons. The van der Waals surface area contributed by atoms with Gasteiger partial charge in [-0.1, -0.05) is 13.3 Å². The monoisotopic (exact) mass is 154 g/mol. The van der Waals surface area contributed by atoms with Crippen molar-refractivity contribution in [3.8, 4) is 0 Å². The van der Waals surface area contributed by atoms with Crippen molar-refractivity contribution >= 4 is 0 Å². The smallest absolute Gasteiger partial charge is 0.0881 e. The molecule has 0 fully saturated rings. The van der Waals surface area contributed by atoms with E-state index in [2.05, 4.69) is 12.0 Å². The first-order valence-corrected chi connectivity index (χ1v) is 3.90. The van der Waals surface area contributed by atoms with Crippen molar-refractivity contribution in [3.05, 3.63) is 17.5 Å². The zero-order chi connectivity index (χ0) is 8.27. The van der Waals surface area contributed by atoms with Crippen LogP contribution in [0.3, 0.4) is 0 Å². The number of aryl methyl sites for hydroxylation is 2. The van der Waals surface area contributed by atoms with E-state index in [9.17, 15) is 0 Å². The van der Waals surface area contributed by atoms with E-state index in [0.717, 1.165) is 18.5 Å². The molecule has 1 rings (SSSR count). The number of aromatic nitrogens is 2. The highest BCUT2D eigenvalue weighted by atomic mass is 16.3. The second-order valence-electron chi connectivity index (χ2n) is 2.66. The summed E-state index contributed by atoms with van der Waals surface area (Å²) in [5.74, 6) is 0. The van der Waals surface area contributed by atoms with Crippen LogP contribution in [0.2, 0.25) is 0 Å². The van der Waals surface area contributed by atoms with Gasteiger partial charge < -0.3 is 5.11 Å². The molecule has 62 valence electrons. The first-order chi connectivity index (χ1) is 5.27. The molecule has 0 amide bonds. The lowest BCUT2D eigenvalue weighted by molar-refractivity contribution is 0.275.